The number of ether oxygens (including phenoxy) is 1. The van der Waals surface area contributed by atoms with E-state index >= 15 is 0 Å². The molecule has 0 N–H and O–H groups in total. The predicted molar refractivity (Wildman–Crippen MR) is 78.8 cm³/mol. The van der Waals surface area contributed by atoms with Gasteiger partial charge in [0, 0.05) is 12.6 Å². The first kappa shape index (κ1) is 13.5. The minimum atomic E-state index is -0.416. The van der Waals surface area contributed by atoms with E-state index in [-0.39, 0.29) is 6.09 Å². The zero-order chi connectivity index (χ0) is 14.3. The molecule has 2 unspecified atom stereocenters. The lowest BCUT2D eigenvalue weighted by Gasteiger charge is -2.44. The molecule has 1 amide bonds. The van der Waals surface area contributed by atoms with Crippen LogP contribution in [0.15, 0.2) is 24.3 Å². The standard InChI is InChI=1S/C17H23NO2/c1-17(2,3)20-16(19)18-9-8-13-11-14(18)10-12-6-4-5-7-15(12)13/h4-7,13-14H,8-11H2,1-3H3. The minimum absolute atomic E-state index is 0.152. The summed E-state index contributed by atoms with van der Waals surface area (Å²) in [5.74, 6) is 0.614. The largest absolute Gasteiger partial charge is 0.444 e. The summed E-state index contributed by atoms with van der Waals surface area (Å²) < 4.78 is 5.54. The number of carbonyl (C=O) groups excluding carboxylic acids is 1. The molecular weight excluding hydrogens is 250 g/mol. The monoisotopic (exact) mass is 273 g/mol. The molecule has 2 bridgehead atoms. The van der Waals surface area contributed by atoms with E-state index in [0.29, 0.717) is 12.0 Å². The van der Waals surface area contributed by atoms with Crippen LogP contribution < -0.4 is 0 Å². The van der Waals surface area contributed by atoms with Crippen LogP contribution in [0.4, 0.5) is 4.79 Å². The summed E-state index contributed by atoms with van der Waals surface area (Å²) in [5, 5.41) is 0. The molecule has 2 atom stereocenters. The number of hydrogen-bond acceptors (Lipinski definition) is 2. The zero-order valence-corrected chi connectivity index (χ0v) is 12.6. The molecule has 0 radical (unpaired) electrons. The van der Waals surface area contributed by atoms with Crippen molar-refractivity contribution in [1.29, 1.82) is 0 Å². The molecule has 108 valence electrons. The maximum Gasteiger partial charge on any atom is 0.410 e. The third-order valence-corrected chi connectivity index (χ3v) is 4.29. The average Bonchev–Trinajstić information content (AvgIpc) is 2.37. The first-order valence-corrected chi connectivity index (χ1v) is 7.51. The van der Waals surface area contributed by atoms with Crippen LogP contribution in [0.2, 0.25) is 0 Å². The maximum absolute atomic E-state index is 12.3. The van der Waals surface area contributed by atoms with Gasteiger partial charge in [0.05, 0.1) is 0 Å². The lowest BCUT2D eigenvalue weighted by molar-refractivity contribution is 0.00666. The number of amides is 1. The Kier molecular flexibility index (Phi) is 3.23. The van der Waals surface area contributed by atoms with Crippen molar-refractivity contribution in [3.8, 4) is 0 Å². The summed E-state index contributed by atoms with van der Waals surface area (Å²) in [6, 6.07) is 8.97. The highest BCUT2D eigenvalue weighted by molar-refractivity contribution is 5.69. The minimum Gasteiger partial charge on any atom is -0.444 e. The number of fused-ring (bicyclic) bond motifs is 4. The van der Waals surface area contributed by atoms with E-state index in [1.165, 1.54) is 11.1 Å². The lowest BCUT2D eigenvalue weighted by Crippen LogP contribution is -2.50. The Bertz CT molecular complexity index is 518. The predicted octanol–water partition coefficient (Wildman–Crippen LogP) is 3.73. The molecule has 1 fully saturated rings. The summed E-state index contributed by atoms with van der Waals surface area (Å²) in [6.45, 7) is 6.59. The molecule has 1 aliphatic carbocycles. The summed E-state index contributed by atoms with van der Waals surface area (Å²) >= 11 is 0. The molecule has 0 saturated carbocycles. The van der Waals surface area contributed by atoms with E-state index in [9.17, 15) is 4.79 Å². The normalized spacial score (nSPS) is 25.1. The summed E-state index contributed by atoms with van der Waals surface area (Å²) in [7, 11) is 0. The average molecular weight is 273 g/mol. The Hall–Kier alpha value is -1.51. The Balaban J connectivity index is 1.78. The smallest absolute Gasteiger partial charge is 0.410 e. The van der Waals surface area contributed by atoms with Crippen LogP contribution in [0, 0.1) is 0 Å². The van der Waals surface area contributed by atoms with Crippen LogP contribution in [-0.2, 0) is 11.2 Å². The van der Waals surface area contributed by atoms with E-state index in [1.54, 1.807) is 0 Å². The van der Waals surface area contributed by atoms with Gasteiger partial charge in [-0.2, -0.15) is 0 Å². The summed E-state index contributed by atoms with van der Waals surface area (Å²) in [4.78, 5) is 14.3. The van der Waals surface area contributed by atoms with Crippen molar-refractivity contribution >= 4 is 6.09 Å². The molecule has 1 aliphatic heterocycles. The van der Waals surface area contributed by atoms with Crippen molar-refractivity contribution in [2.75, 3.05) is 6.54 Å². The highest BCUT2D eigenvalue weighted by atomic mass is 16.6. The van der Waals surface area contributed by atoms with Gasteiger partial charge < -0.3 is 9.64 Å². The van der Waals surface area contributed by atoms with Gasteiger partial charge in [-0.05, 0) is 57.1 Å². The Labute approximate surface area is 120 Å². The molecule has 3 nitrogen and oxygen atoms in total. The fourth-order valence-electron chi connectivity index (χ4n) is 3.46. The fourth-order valence-corrected chi connectivity index (χ4v) is 3.46. The van der Waals surface area contributed by atoms with Gasteiger partial charge in [0.1, 0.15) is 5.60 Å². The van der Waals surface area contributed by atoms with Crippen LogP contribution in [0.25, 0.3) is 0 Å². The Morgan fingerprint density at radius 2 is 2.05 bits per heavy atom. The first-order valence-electron chi connectivity index (χ1n) is 7.51. The van der Waals surface area contributed by atoms with Gasteiger partial charge in [-0.25, -0.2) is 4.79 Å². The lowest BCUT2D eigenvalue weighted by atomic mass is 9.75. The van der Waals surface area contributed by atoms with Crippen LogP contribution >= 0.6 is 0 Å². The number of likely N-dealkylation sites (tertiary alicyclic amines) is 1. The molecule has 0 aromatic heterocycles. The number of carbonyl (C=O) groups is 1. The molecule has 0 spiro atoms. The van der Waals surface area contributed by atoms with Gasteiger partial charge >= 0.3 is 6.09 Å². The Morgan fingerprint density at radius 3 is 2.80 bits per heavy atom. The quantitative estimate of drug-likeness (QED) is 0.721. The molecule has 1 heterocycles. The van der Waals surface area contributed by atoms with Crippen molar-refractivity contribution in [2.45, 2.75) is 57.6 Å². The van der Waals surface area contributed by atoms with Gasteiger partial charge in [0.25, 0.3) is 0 Å². The van der Waals surface area contributed by atoms with Gasteiger partial charge in [-0.1, -0.05) is 24.3 Å². The molecule has 1 saturated heterocycles. The maximum atomic E-state index is 12.3. The third-order valence-electron chi connectivity index (χ3n) is 4.29. The van der Waals surface area contributed by atoms with Crippen LogP contribution in [0.3, 0.4) is 0 Å². The van der Waals surface area contributed by atoms with E-state index in [2.05, 4.69) is 24.3 Å². The second-order valence-electron chi connectivity index (χ2n) is 6.95. The second-order valence-corrected chi connectivity index (χ2v) is 6.95. The van der Waals surface area contributed by atoms with E-state index in [0.717, 1.165) is 25.8 Å². The van der Waals surface area contributed by atoms with Crippen molar-refractivity contribution in [3.05, 3.63) is 35.4 Å². The number of benzene rings is 1. The topological polar surface area (TPSA) is 29.5 Å². The number of nitrogens with zero attached hydrogens (tertiary/aromatic N) is 1. The van der Waals surface area contributed by atoms with Gasteiger partial charge in [0.15, 0.2) is 0 Å². The van der Waals surface area contributed by atoms with Gasteiger partial charge in [-0.3, -0.25) is 0 Å². The van der Waals surface area contributed by atoms with E-state index in [4.69, 9.17) is 4.74 Å². The molecule has 1 aromatic rings. The van der Waals surface area contributed by atoms with E-state index < -0.39 is 5.60 Å². The number of rotatable bonds is 0. The highest BCUT2D eigenvalue weighted by Gasteiger charge is 2.38. The fraction of sp³-hybridized carbons (Fsp3) is 0.588. The van der Waals surface area contributed by atoms with Crippen LogP contribution in [-0.4, -0.2) is 29.2 Å². The van der Waals surface area contributed by atoms with Crippen molar-refractivity contribution in [2.24, 2.45) is 0 Å². The van der Waals surface area contributed by atoms with Crippen LogP contribution in [0.5, 0.6) is 0 Å². The molecule has 20 heavy (non-hydrogen) atoms. The molecular formula is C17H23NO2. The van der Waals surface area contributed by atoms with Crippen molar-refractivity contribution < 1.29 is 9.53 Å². The van der Waals surface area contributed by atoms with Crippen molar-refractivity contribution in [3.63, 3.8) is 0 Å². The SMILES string of the molecule is CC(C)(C)OC(=O)N1CCC2CC1Cc1ccccc12. The number of hydrogen-bond donors (Lipinski definition) is 0. The van der Waals surface area contributed by atoms with Gasteiger partial charge in [-0.15, -0.1) is 0 Å². The van der Waals surface area contributed by atoms with Crippen molar-refractivity contribution in [1.82, 2.24) is 4.90 Å². The Morgan fingerprint density at radius 1 is 1.30 bits per heavy atom. The second kappa shape index (κ2) is 4.80. The highest BCUT2D eigenvalue weighted by Crippen LogP contribution is 2.40. The molecule has 1 aromatic carbocycles. The summed E-state index contributed by atoms with van der Waals surface area (Å²) in [6.07, 6.45) is 2.94. The molecule has 2 aliphatic rings. The molecule has 3 heteroatoms. The third kappa shape index (κ3) is 2.54. The first-order chi connectivity index (χ1) is 9.44. The van der Waals surface area contributed by atoms with Crippen LogP contribution in [0.1, 0.15) is 50.7 Å². The van der Waals surface area contributed by atoms with Gasteiger partial charge in [0.2, 0.25) is 0 Å². The number of piperidine rings is 1. The molecule has 3 rings (SSSR count). The summed E-state index contributed by atoms with van der Waals surface area (Å²) in [5.41, 5.74) is 2.48. The zero-order valence-electron chi connectivity index (χ0n) is 12.6. The van der Waals surface area contributed by atoms with E-state index in [1.807, 2.05) is 25.7 Å².